The van der Waals surface area contributed by atoms with Crippen LogP contribution in [0.15, 0.2) is 36.7 Å². The molecule has 1 aromatic heterocycles. The van der Waals surface area contributed by atoms with E-state index in [0.29, 0.717) is 0 Å². The van der Waals surface area contributed by atoms with Gasteiger partial charge in [0.1, 0.15) is 0 Å². The van der Waals surface area contributed by atoms with Gasteiger partial charge >= 0.3 is 0 Å². The van der Waals surface area contributed by atoms with E-state index >= 15 is 0 Å². The van der Waals surface area contributed by atoms with Gasteiger partial charge in [-0.25, -0.2) is 0 Å². The lowest BCUT2D eigenvalue weighted by Gasteiger charge is -2.10. The summed E-state index contributed by atoms with van der Waals surface area (Å²) in [6.07, 6.45) is 4.36. The van der Waals surface area contributed by atoms with Crippen LogP contribution in [-0.2, 0) is 13.1 Å². The van der Waals surface area contributed by atoms with Crippen molar-refractivity contribution < 1.29 is 0 Å². The average Bonchev–Trinajstić information content (AvgIpc) is 2.72. The molecule has 0 saturated carbocycles. The lowest BCUT2D eigenvalue weighted by Crippen LogP contribution is -2.04. The van der Waals surface area contributed by atoms with Crippen LogP contribution < -0.4 is 5.32 Å². The Bertz CT molecular complexity index is 477. The quantitative estimate of drug-likeness (QED) is 0.851. The third kappa shape index (κ3) is 2.77. The lowest BCUT2D eigenvalue weighted by molar-refractivity contribution is 0.776. The first-order chi connectivity index (χ1) is 8.20. The van der Waals surface area contributed by atoms with E-state index in [2.05, 4.69) is 60.4 Å². The van der Waals surface area contributed by atoms with Crippen molar-refractivity contribution in [3.05, 3.63) is 58.9 Å². The number of benzene rings is 1. The van der Waals surface area contributed by atoms with Crippen LogP contribution in [0.25, 0.3) is 0 Å². The van der Waals surface area contributed by atoms with E-state index in [1.165, 1.54) is 22.3 Å². The lowest BCUT2D eigenvalue weighted by atomic mass is 10.0. The van der Waals surface area contributed by atoms with Gasteiger partial charge in [0.2, 0.25) is 0 Å². The van der Waals surface area contributed by atoms with E-state index in [1.807, 2.05) is 7.05 Å². The highest BCUT2D eigenvalue weighted by Gasteiger charge is 2.03. The van der Waals surface area contributed by atoms with E-state index in [1.54, 1.807) is 0 Å². The molecule has 0 atom stereocenters. The van der Waals surface area contributed by atoms with Crippen molar-refractivity contribution in [2.75, 3.05) is 7.05 Å². The summed E-state index contributed by atoms with van der Waals surface area (Å²) in [5, 5.41) is 3.17. The van der Waals surface area contributed by atoms with E-state index < -0.39 is 0 Å². The fourth-order valence-electron chi connectivity index (χ4n) is 2.18. The van der Waals surface area contributed by atoms with Crippen molar-refractivity contribution in [2.45, 2.75) is 26.9 Å². The second-order valence-corrected chi connectivity index (χ2v) is 4.59. The monoisotopic (exact) mass is 228 g/mol. The zero-order valence-corrected chi connectivity index (χ0v) is 10.8. The van der Waals surface area contributed by atoms with Crippen LogP contribution in [0.3, 0.4) is 0 Å². The van der Waals surface area contributed by atoms with Crippen molar-refractivity contribution in [3.63, 3.8) is 0 Å². The molecule has 0 spiro atoms. The zero-order valence-electron chi connectivity index (χ0n) is 10.8. The van der Waals surface area contributed by atoms with Gasteiger partial charge in [-0.05, 0) is 49.2 Å². The zero-order chi connectivity index (χ0) is 12.3. The van der Waals surface area contributed by atoms with Gasteiger partial charge in [-0.2, -0.15) is 0 Å². The van der Waals surface area contributed by atoms with E-state index in [0.717, 1.165) is 13.1 Å². The molecular formula is C15H20N2. The number of aryl methyl sites for hydroxylation is 2. The van der Waals surface area contributed by atoms with Crippen LogP contribution >= 0.6 is 0 Å². The van der Waals surface area contributed by atoms with Gasteiger partial charge in [-0.15, -0.1) is 0 Å². The fraction of sp³-hybridized carbons (Fsp3) is 0.333. The molecule has 1 heterocycles. The molecule has 0 fully saturated rings. The maximum absolute atomic E-state index is 3.17. The maximum Gasteiger partial charge on any atom is 0.0475 e. The molecule has 2 aromatic rings. The molecule has 2 heteroatoms. The Morgan fingerprint density at radius 1 is 1.12 bits per heavy atom. The normalized spacial score (nSPS) is 10.8. The highest BCUT2D eigenvalue weighted by molar-refractivity contribution is 5.33. The Morgan fingerprint density at radius 2 is 1.82 bits per heavy atom. The van der Waals surface area contributed by atoms with Crippen molar-refractivity contribution in [1.29, 1.82) is 0 Å². The van der Waals surface area contributed by atoms with Gasteiger partial charge in [0.05, 0.1) is 0 Å². The number of aromatic nitrogens is 1. The molecule has 0 radical (unpaired) electrons. The molecular weight excluding hydrogens is 208 g/mol. The van der Waals surface area contributed by atoms with Gasteiger partial charge in [-0.1, -0.05) is 18.2 Å². The third-order valence-corrected chi connectivity index (χ3v) is 3.18. The van der Waals surface area contributed by atoms with Crippen LogP contribution in [0, 0.1) is 13.8 Å². The topological polar surface area (TPSA) is 17.0 Å². The van der Waals surface area contributed by atoms with Crippen molar-refractivity contribution in [1.82, 2.24) is 9.88 Å². The molecule has 0 amide bonds. The molecule has 2 rings (SSSR count). The first-order valence-corrected chi connectivity index (χ1v) is 6.05. The second kappa shape index (κ2) is 5.19. The summed E-state index contributed by atoms with van der Waals surface area (Å²) >= 11 is 0. The Labute approximate surface area is 103 Å². The second-order valence-electron chi connectivity index (χ2n) is 4.59. The Balaban J connectivity index is 2.19. The smallest absolute Gasteiger partial charge is 0.0475 e. The van der Waals surface area contributed by atoms with Crippen LogP contribution in [-0.4, -0.2) is 11.6 Å². The van der Waals surface area contributed by atoms with Gasteiger partial charge in [0.25, 0.3) is 0 Å². The molecule has 2 nitrogen and oxygen atoms in total. The molecule has 1 aromatic carbocycles. The minimum atomic E-state index is 0.930. The standard InChI is InChI=1S/C15H20N2/c1-12-5-4-6-13(2)15(12)11-17-8-7-14(10-17)9-16-3/h4-8,10,16H,9,11H2,1-3H3. The minimum Gasteiger partial charge on any atom is -0.350 e. The maximum atomic E-state index is 3.17. The summed E-state index contributed by atoms with van der Waals surface area (Å²) < 4.78 is 2.25. The number of nitrogens with zero attached hydrogens (tertiary/aromatic N) is 1. The van der Waals surface area contributed by atoms with Gasteiger partial charge in [-0.3, -0.25) is 0 Å². The van der Waals surface area contributed by atoms with Gasteiger partial charge in [0.15, 0.2) is 0 Å². The van der Waals surface area contributed by atoms with Crippen LogP contribution in [0.4, 0.5) is 0 Å². The third-order valence-electron chi connectivity index (χ3n) is 3.18. The van der Waals surface area contributed by atoms with Crippen molar-refractivity contribution in [2.24, 2.45) is 0 Å². The predicted molar refractivity (Wildman–Crippen MR) is 72.2 cm³/mol. The van der Waals surface area contributed by atoms with Gasteiger partial charge < -0.3 is 9.88 Å². The Hall–Kier alpha value is -1.54. The van der Waals surface area contributed by atoms with E-state index in [4.69, 9.17) is 0 Å². The van der Waals surface area contributed by atoms with E-state index in [-0.39, 0.29) is 0 Å². The van der Waals surface area contributed by atoms with Crippen LogP contribution in [0.5, 0.6) is 0 Å². The summed E-state index contributed by atoms with van der Waals surface area (Å²) in [4.78, 5) is 0. The molecule has 90 valence electrons. The fourth-order valence-corrected chi connectivity index (χ4v) is 2.18. The first kappa shape index (κ1) is 11.9. The number of rotatable bonds is 4. The molecule has 0 aliphatic carbocycles. The van der Waals surface area contributed by atoms with Gasteiger partial charge in [0, 0.05) is 25.5 Å². The Kier molecular flexibility index (Phi) is 3.64. The summed E-state index contributed by atoms with van der Waals surface area (Å²) in [5.41, 5.74) is 5.50. The summed E-state index contributed by atoms with van der Waals surface area (Å²) in [5.74, 6) is 0. The number of nitrogens with one attached hydrogen (secondary N) is 1. The molecule has 0 aliphatic heterocycles. The van der Waals surface area contributed by atoms with Crippen molar-refractivity contribution in [3.8, 4) is 0 Å². The summed E-state index contributed by atoms with van der Waals surface area (Å²) in [6.45, 7) is 6.25. The summed E-state index contributed by atoms with van der Waals surface area (Å²) in [6, 6.07) is 8.65. The average molecular weight is 228 g/mol. The largest absolute Gasteiger partial charge is 0.350 e. The van der Waals surface area contributed by atoms with Crippen LogP contribution in [0.2, 0.25) is 0 Å². The molecule has 1 N–H and O–H groups in total. The molecule has 0 unspecified atom stereocenters. The van der Waals surface area contributed by atoms with Crippen molar-refractivity contribution >= 4 is 0 Å². The first-order valence-electron chi connectivity index (χ1n) is 6.05. The SMILES string of the molecule is CNCc1ccn(Cc2c(C)cccc2C)c1. The molecule has 0 aliphatic rings. The number of hydrogen-bond donors (Lipinski definition) is 1. The predicted octanol–water partition coefficient (Wildman–Crippen LogP) is 2.87. The number of hydrogen-bond acceptors (Lipinski definition) is 1. The minimum absolute atomic E-state index is 0.930. The van der Waals surface area contributed by atoms with Crippen LogP contribution in [0.1, 0.15) is 22.3 Å². The summed E-state index contributed by atoms with van der Waals surface area (Å²) in [7, 11) is 1.98. The highest BCUT2D eigenvalue weighted by atomic mass is 14.9. The highest BCUT2D eigenvalue weighted by Crippen LogP contribution is 2.15. The molecule has 0 bridgehead atoms. The molecule has 17 heavy (non-hydrogen) atoms. The van der Waals surface area contributed by atoms with E-state index in [9.17, 15) is 0 Å². The molecule has 0 saturated heterocycles. The Morgan fingerprint density at radius 3 is 2.47 bits per heavy atom.